The van der Waals surface area contributed by atoms with E-state index in [4.69, 9.17) is 4.74 Å². The predicted octanol–water partition coefficient (Wildman–Crippen LogP) is 4.02. The average molecular weight is 329 g/mol. The van der Waals surface area contributed by atoms with Gasteiger partial charge in [-0.1, -0.05) is 30.3 Å². The van der Waals surface area contributed by atoms with Gasteiger partial charge in [0.25, 0.3) is 0 Å². The summed E-state index contributed by atoms with van der Waals surface area (Å²) >= 11 is 0. The van der Waals surface area contributed by atoms with E-state index in [0.717, 1.165) is 22.1 Å². The van der Waals surface area contributed by atoms with E-state index in [9.17, 15) is 13.6 Å². The zero-order valence-electron chi connectivity index (χ0n) is 13.4. The van der Waals surface area contributed by atoms with E-state index in [1.54, 1.807) is 32.2 Å². The number of amides is 1. The van der Waals surface area contributed by atoms with Crippen LogP contribution in [0.3, 0.4) is 0 Å². The fourth-order valence-electron chi connectivity index (χ4n) is 2.80. The van der Waals surface area contributed by atoms with Gasteiger partial charge in [-0.2, -0.15) is 8.78 Å². The molecular weight excluding hydrogens is 312 g/mol. The average Bonchev–Trinajstić information content (AvgIpc) is 2.79. The van der Waals surface area contributed by atoms with E-state index in [-0.39, 0.29) is 12.2 Å². The molecule has 0 aromatic heterocycles. The van der Waals surface area contributed by atoms with Gasteiger partial charge < -0.3 is 9.64 Å². The largest absolute Gasteiger partial charge is 0.497 e. The van der Waals surface area contributed by atoms with Gasteiger partial charge in [-0.15, -0.1) is 0 Å². The molecule has 2 aromatic carbocycles. The third-order valence-electron chi connectivity index (χ3n) is 4.03. The molecule has 2 aromatic rings. The fraction of sp³-hybridized carbons (Fsp3) is 0.211. The van der Waals surface area contributed by atoms with Crippen molar-refractivity contribution in [3.63, 3.8) is 0 Å². The third kappa shape index (κ3) is 2.89. The number of rotatable bonds is 4. The Balaban J connectivity index is 2.01. The summed E-state index contributed by atoms with van der Waals surface area (Å²) in [6.45, 7) is 1.91. The quantitative estimate of drug-likeness (QED) is 0.848. The standard InChI is InChI=1S/C19H17F2NO2/c1-13-10-15(24-2)8-9-16(13)17-11-19(20,21)18(23)22(17)12-14-6-4-3-5-7-14/h3-11H,12H2,1-2H3. The van der Waals surface area contributed by atoms with Crippen molar-refractivity contribution in [1.29, 1.82) is 0 Å². The molecule has 0 fully saturated rings. The normalized spacial score (nSPS) is 16.2. The highest BCUT2D eigenvalue weighted by molar-refractivity contribution is 5.99. The molecular formula is C19H17F2NO2. The van der Waals surface area contributed by atoms with E-state index in [2.05, 4.69) is 0 Å². The monoisotopic (exact) mass is 329 g/mol. The van der Waals surface area contributed by atoms with Gasteiger partial charge in [0.2, 0.25) is 0 Å². The Hall–Kier alpha value is -2.69. The predicted molar refractivity (Wildman–Crippen MR) is 87.6 cm³/mol. The highest BCUT2D eigenvalue weighted by Crippen LogP contribution is 2.38. The molecule has 0 atom stereocenters. The van der Waals surface area contributed by atoms with Crippen LogP contribution >= 0.6 is 0 Å². The summed E-state index contributed by atoms with van der Waals surface area (Å²) in [5, 5.41) is 0. The molecule has 5 heteroatoms. The number of ether oxygens (including phenoxy) is 1. The summed E-state index contributed by atoms with van der Waals surface area (Å²) in [6, 6.07) is 14.3. The number of hydrogen-bond acceptors (Lipinski definition) is 2. The Bertz CT molecular complexity index is 800. The summed E-state index contributed by atoms with van der Waals surface area (Å²) < 4.78 is 33.2. The maximum atomic E-state index is 14.0. The summed E-state index contributed by atoms with van der Waals surface area (Å²) in [5.41, 5.74) is 2.39. The second-order valence-electron chi connectivity index (χ2n) is 5.71. The van der Waals surface area contributed by atoms with Crippen LogP contribution in [0, 0.1) is 6.92 Å². The molecule has 1 heterocycles. The molecule has 24 heavy (non-hydrogen) atoms. The minimum absolute atomic E-state index is 0.104. The van der Waals surface area contributed by atoms with Crippen LogP contribution in [0.2, 0.25) is 0 Å². The second-order valence-corrected chi connectivity index (χ2v) is 5.71. The fourth-order valence-corrected chi connectivity index (χ4v) is 2.80. The van der Waals surface area contributed by atoms with Crippen LogP contribution in [-0.4, -0.2) is 23.8 Å². The zero-order valence-corrected chi connectivity index (χ0v) is 13.4. The summed E-state index contributed by atoms with van der Waals surface area (Å²) in [4.78, 5) is 13.3. The lowest BCUT2D eigenvalue weighted by atomic mass is 10.0. The van der Waals surface area contributed by atoms with Crippen molar-refractivity contribution in [2.75, 3.05) is 7.11 Å². The molecule has 0 spiro atoms. The van der Waals surface area contributed by atoms with Crippen molar-refractivity contribution in [3.05, 3.63) is 71.3 Å². The van der Waals surface area contributed by atoms with E-state index < -0.39 is 11.8 Å². The van der Waals surface area contributed by atoms with Crippen molar-refractivity contribution in [2.45, 2.75) is 19.4 Å². The summed E-state index contributed by atoms with van der Waals surface area (Å²) in [7, 11) is 1.54. The number of methoxy groups -OCH3 is 1. The molecule has 0 unspecified atom stereocenters. The lowest BCUT2D eigenvalue weighted by molar-refractivity contribution is -0.145. The number of benzene rings is 2. The highest BCUT2D eigenvalue weighted by Gasteiger charge is 2.48. The Morgan fingerprint density at radius 1 is 1.12 bits per heavy atom. The van der Waals surface area contributed by atoms with Gasteiger partial charge in [0.1, 0.15) is 5.75 Å². The minimum Gasteiger partial charge on any atom is -0.497 e. The maximum absolute atomic E-state index is 14.0. The molecule has 124 valence electrons. The van der Waals surface area contributed by atoms with Gasteiger partial charge in [-0.25, -0.2) is 0 Å². The second kappa shape index (κ2) is 6.07. The van der Waals surface area contributed by atoms with Crippen molar-refractivity contribution in [3.8, 4) is 5.75 Å². The topological polar surface area (TPSA) is 29.5 Å². The smallest absolute Gasteiger partial charge is 0.345 e. The van der Waals surface area contributed by atoms with Crippen molar-refractivity contribution in [1.82, 2.24) is 4.90 Å². The molecule has 0 radical (unpaired) electrons. The Kier molecular flexibility index (Phi) is 4.09. The SMILES string of the molecule is COc1ccc(C2=CC(F)(F)C(=O)N2Cc2ccccc2)c(C)c1. The molecule has 0 aliphatic carbocycles. The maximum Gasteiger partial charge on any atom is 0.345 e. The van der Waals surface area contributed by atoms with Crippen molar-refractivity contribution >= 4 is 11.6 Å². The molecule has 0 saturated carbocycles. The number of carbonyl (C=O) groups excluding carboxylic acids is 1. The van der Waals surface area contributed by atoms with Crippen LogP contribution in [0.4, 0.5) is 8.78 Å². The number of halogens is 2. The Labute approximate surface area is 139 Å². The minimum atomic E-state index is -3.49. The number of alkyl halides is 2. The number of nitrogens with zero attached hydrogens (tertiary/aromatic N) is 1. The van der Waals surface area contributed by atoms with Crippen LogP contribution in [-0.2, 0) is 11.3 Å². The first-order valence-electron chi connectivity index (χ1n) is 7.54. The van der Waals surface area contributed by atoms with E-state index >= 15 is 0 Å². The van der Waals surface area contributed by atoms with Crippen LogP contribution in [0.5, 0.6) is 5.75 Å². The van der Waals surface area contributed by atoms with Crippen molar-refractivity contribution in [2.24, 2.45) is 0 Å². The number of carbonyl (C=O) groups is 1. The molecule has 0 N–H and O–H groups in total. The Morgan fingerprint density at radius 2 is 1.83 bits per heavy atom. The lowest BCUT2D eigenvalue weighted by Crippen LogP contribution is -2.34. The van der Waals surface area contributed by atoms with Gasteiger partial charge in [0, 0.05) is 11.6 Å². The lowest BCUT2D eigenvalue weighted by Gasteiger charge is -2.22. The molecule has 3 rings (SSSR count). The van der Waals surface area contributed by atoms with Gasteiger partial charge in [-0.3, -0.25) is 4.79 Å². The van der Waals surface area contributed by atoms with E-state index in [1.807, 2.05) is 30.3 Å². The summed E-state index contributed by atoms with van der Waals surface area (Å²) in [5.74, 6) is -4.05. The van der Waals surface area contributed by atoms with Crippen molar-refractivity contribution < 1.29 is 18.3 Å². The number of aryl methyl sites for hydroxylation is 1. The molecule has 0 saturated heterocycles. The van der Waals surface area contributed by atoms with Gasteiger partial charge in [0.05, 0.1) is 19.4 Å². The molecule has 3 nitrogen and oxygen atoms in total. The van der Waals surface area contributed by atoms with E-state index in [0.29, 0.717) is 11.3 Å². The zero-order chi connectivity index (χ0) is 17.3. The molecule has 0 bridgehead atoms. The summed E-state index contributed by atoms with van der Waals surface area (Å²) in [6.07, 6.45) is 0.743. The molecule has 1 aliphatic heterocycles. The van der Waals surface area contributed by atoms with E-state index in [1.165, 1.54) is 0 Å². The third-order valence-corrected chi connectivity index (χ3v) is 4.03. The Morgan fingerprint density at radius 3 is 2.46 bits per heavy atom. The first kappa shape index (κ1) is 16.2. The van der Waals surface area contributed by atoms with Gasteiger partial charge in [-0.05, 0) is 36.2 Å². The first-order valence-corrected chi connectivity index (χ1v) is 7.54. The molecule has 1 aliphatic rings. The van der Waals surface area contributed by atoms with Gasteiger partial charge >= 0.3 is 11.8 Å². The van der Waals surface area contributed by atoms with Crippen LogP contribution < -0.4 is 4.74 Å². The molecule has 1 amide bonds. The highest BCUT2D eigenvalue weighted by atomic mass is 19.3. The van der Waals surface area contributed by atoms with Crippen LogP contribution in [0.1, 0.15) is 16.7 Å². The van der Waals surface area contributed by atoms with Gasteiger partial charge in [0.15, 0.2) is 0 Å². The van der Waals surface area contributed by atoms with Crippen LogP contribution in [0.25, 0.3) is 5.70 Å². The number of hydrogen-bond donors (Lipinski definition) is 0. The van der Waals surface area contributed by atoms with Crippen LogP contribution in [0.15, 0.2) is 54.6 Å². The first-order chi connectivity index (χ1) is 11.4.